The van der Waals surface area contributed by atoms with Crippen LogP contribution in [-0.4, -0.2) is 42.4 Å². The van der Waals surface area contributed by atoms with E-state index < -0.39 is 0 Å². The topological polar surface area (TPSA) is 45.5 Å². The Labute approximate surface area is 124 Å². The van der Waals surface area contributed by atoms with Gasteiger partial charge in [-0.3, -0.25) is 4.79 Å². The number of nitrogens with one attached hydrogen (secondary N) is 1. The second-order valence-electron chi connectivity index (χ2n) is 5.62. The fraction of sp³-hybridized carbons (Fsp3) is 0.667. The van der Waals surface area contributed by atoms with Crippen LogP contribution in [0.3, 0.4) is 0 Å². The van der Waals surface area contributed by atoms with Crippen LogP contribution in [0.1, 0.15) is 30.2 Å². The highest BCUT2D eigenvalue weighted by Gasteiger charge is 2.33. The van der Waals surface area contributed by atoms with E-state index in [9.17, 15) is 4.79 Å². The molecule has 3 heterocycles. The highest BCUT2D eigenvalue weighted by Crippen LogP contribution is 2.28. The molecule has 2 aliphatic rings. The monoisotopic (exact) mass is 294 g/mol. The van der Waals surface area contributed by atoms with Crippen molar-refractivity contribution in [2.24, 2.45) is 5.92 Å². The Balaban J connectivity index is 1.73. The van der Waals surface area contributed by atoms with E-state index in [0.717, 1.165) is 25.3 Å². The zero-order valence-corrected chi connectivity index (χ0v) is 12.7. The number of thioether (sulfide) groups is 1. The first-order valence-electron chi connectivity index (χ1n) is 7.39. The van der Waals surface area contributed by atoms with Gasteiger partial charge in [0.15, 0.2) is 0 Å². The van der Waals surface area contributed by atoms with E-state index >= 15 is 0 Å². The van der Waals surface area contributed by atoms with Gasteiger partial charge in [-0.1, -0.05) is 0 Å². The smallest absolute Gasteiger partial charge is 0.247 e. The zero-order chi connectivity index (χ0) is 13.9. The van der Waals surface area contributed by atoms with Crippen molar-refractivity contribution in [2.45, 2.75) is 25.3 Å². The van der Waals surface area contributed by atoms with E-state index in [2.05, 4.69) is 5.32 Å². The summed E-state index contributed by atoms with van der Waals surface area (Å²) in [6.45, 7) is 1.72. The average Bonchev–Trinajstić information content (AvgIpc) is 2.89. The summed E-state index contributed by atoms with van der Waals surface area (Å²) in [4.78, 5) is 14.7. The fourth-order valence-electron chi connectivity index (χ4n) is 3.14. The van der Waals surface area contributed by atoms with E-state index in [1.54, 1.807) is 6.26 Å². The summed E-state index contributed by atoms with van der Waals surface area (Å²) in [6, 6.07) is 1.67. The number of likely N-dealkylation sites (N-methyl/N-ethyl adjacent to an activating group) is 1. The third-order valence-electron chi connectivity index (χ3n) is 4.36. The van der Waals surface area contributed by atoms with Crippen molar-refractivity contribution in [1.82, 2.24) is 10.2 Å². The number of furan rings is 1. The molecule has 1 amide bonds. The van der Waals surface area contributed by atoms with Crippen LogP contribution in [0.2, 0.25) is 0 Å². The minimum Gasteiger partial charge on any atom is -0.467 e. The molecular formula is C15H22N2O2S. The molecule has 1 unspecified atom stereocenters. The first-order valence-corrected chi connectivity index (χ1v) is 8.55. The highest BCUT2D eigenvalue weighted by molar-refractivity contribution is 7.99. The van der Waals surface area contributed by atoms with Crippen LogP contribution < -0.4 is 5.32 Å². The van der Waals surface area contributed by atoms with Crippen molar-refractivity contribution in [3.63, 3.8) is 0 Å². The van der Waals surface area contributed by atoms with E-state index in [-0.39, 0.29) is 11.9 Å². The first kappa shape index (κ1) is 14.0. The largest absolute Gasteiger partial charge is 0.467 e. The molecule has 0 radical (unpaired) electrons. The van der Waals surface area contributed by atoms with Gasteiger partial charge in [0.25, 0.3) is 0 Å². The second-order valence-corrected chi connectivity index (χ2v) is 6.85. The summed E-state index contributed by atoms with van der Waals surface area (Å²) >= 11 is 2.03. The maximum Gasteiger partial charge on any atom is 0.247 e. The Hall–Kier alpha value is -0.940. The van der Waals surface area contributed by atoms with Gasteiger partial charge in [0.2, 0.25) is 5.91 Å². The predicted octanol–water partition coefficient (Wildman–Crippen LogP) is 2.07. The number of carbonyl (C=O) groups excluding carboxylic acids is 1. The predicted molar refractivity (Wildman–Crippen MR) is 80.8 cm³/mol. The van der Waals surface area contributed by atoms with Crippen molar-refractivity contribution in [2.75, 3.05) is 31.6 Å². The normalized spacial score (nSPS) is 24.6. The standard InChI is InChI=1S/C15H22N2O2S/c1-16-13-14-12(3-7-19-14)2-6-17(15(13)18)10-11-4-8-20-9-5-11/h3,7,11,13,16H,2,4-6,8-10H2,1H3. The Bertz CT molecular complexity index is 468. The number of fused-ring (bicyclic) bond motifs is 1. The van der Waals surface area contributed by atoms with Gasteiger partial charge in [0, 0.05) is 13.1 Å². The molecule has 1 aromatic heterocycles. The van der Waals surface area contributed by atoms with Crippen LogP contribution in [0.4, 0.5) is 0 Å². The van der Waals surface area contributed by atoms with Gasteiger partial charge in [-0.2, -0.15) is 11.8 Å². The lowest BCUT2D eigenvalue weighted by atomic mass is 10.0. The summed E-state index contributed by atoms with van der Waals surface area (Å²) in [5.41, 5.74) is 1.17. The fourth-order valence-corrected chi connectivity index (χ4v) is 4.35. The minimum absolute atomic E-state index is 0.166. The number of carbonyl (C=O) groups is 1. The Morgan fingerprint density at radius 2 is 2.25 bits per heavy atom. The molecule has 5 heteroatoms. The van der Waals surface area contributed by atoms with Gasteiger partial charge in [0.1, 0.15) is 11.8 Å². The minimum atomic E-state index is -0.319. The van der Waals surface area contributed by atoms with Crippen molar-refractivity contribution in [3.8, 4) is 0 Å². The summed E-state index contributed by atoms with van der Waals surface area (Å²) in [7, 11) is 1.83. The molecule has 0 aromatic carbocycles. The lowest BCUT2D eigenvalue weighted by Gasteiger charge is -2.30. The maximum atomic E-state index is 12.7. The molecule has 1 saturated heterocycles. The van der Waals surface area contributed by atoms with Gasteiger partial charge in [-0.05, 0) is 55.4 Å². The van der Waals surface area contributed by atoms with Gasteiger partial charge in [0.05, 0.1) is 6.26 Å². The molecule has 0 saturated carbocycles. The summed E-state index contributed by atoms with van der Waals surface area (Å²) in [6.07, 6.45) is 5.07. The average molecular weight is 294 g/mol. The van der Waals surface area contributed by atoms with Crippen LogP contribution in [0.5, 0.6) is 0 Å². The summed E-state index contributed by atoms with van der Waals surface area (Å²) in [5, 5.41) is 3.11. The number of nitrogens with zero attached hydrogens (tertiary/aromatic N) is 1. The molecular weight excluding hydrogens is 272 g/mol. The van der Waals surface area contributed by atoms with Crippen molar-refractivity contribution < 1.29 is 9.21 Å². The quantitative estimate of drug-likeness (QED) is 0.927. The Kier molecular flexibility index (Phi) is 4.36. The van der Waals surface area contributed by atoms with Crippen LogP contribution in [0.15, 0.2) is 16.7 Å². The number of hydrogen-bond acceptors (Lipinski definition) is 4. The summed E-state index contributed by atoms with van der Waals surface area (Å²) in [5.74, 6) is 4.12. The number of hydrogen-bond donors (Lipinski definition) is 1. The van der Waals surface area contributed by atoms with Crippen LogP contribution in [0, 0.1) is 5.92 Å². The number of rotatable bonds is 3. The molecule has 0 bridgehead atoms. The van der Waals surface area contributed by atoms with E-state index in [1.165, 1.54) is 29.9 Å². The molecule has 110 valence electrons. The maximum absolute atomic E-state index is 12.7. The highest BCUT2D eigenvalue weighted by atomic mass is 32.2. The molecule has 0 spiro atoms. The lowest BCUT2D eigenvalue weighted by Crippen LogP contribution is -2.42. The number of amides is 1. The zero-order valence-electron chi connectivity index (χ0n) is 11.9. The molecule has 1 atom stereocenters. The van der Waals surface area contributed by atoms with Crippen molar-refractivity contribution >= 4 is 17.7 Å². The SMILES string of the molecule is CNC1C(=O)N(CC2CCSCC2)CCc2ccoc21. The molecule has 1 fully saturated rings. The molecule has 2 aliphatic heterocycles. The third-order valence-corrected chi connectivity index (χ3v) is 5.41. The van der Waals surface area contributed by atoms with Gasteiger partial charge in [-0.25, -0.2) is 0 Å². The van der Waals surface area contributed by atoms with E-state index in [1.807, 2.05) is 29.8 Å². The molecule has 20 heavy (non-hydrogen) atoms. The van der Waals surface area contributed by atoms with E-state index in [4.69, 9.17) is 4.42 Å². The van der Waals surface area contributed by atoms with Crippen molar-refractivity contribution in [3.05, 3.63) is 23.7 Å². The molecule has 0 aliphatic carbocycles. The molecule has 4 nitrogen and oxygen atoms in total. The first-order chi connectivity index (χ1) is 9.79. The van der Waals surface area contributed by atoms with Crippen LogP contribution in [-0.2, 0) is 11.2 Å². The Morgan fingerprint density at radius 1 is 1.45 bits per heavy atom. The van der Waals surface area contributed by atoms with Crippen LogP contribution >= 0.6 is 11.8 Å². The van der Waals surface area contributed by atoms with Gasteiger partial charge in [-0.15, -0.1) is 0 Å². The molecule has 1 aromatic rings. The van der Waals surface area contributed by atoms with Crippen LogP contribution in [0.25, 0.3) is 0 Å². The second kappa shape index (κ2) is 6.22. The lowest BCUT2D eigenvalue weighted by molar-refractivity contribution is -0.134. The van der Waals surface area contributed by atoms with Crippen molar-refractivity contribution in [1.29, 1.82) is 0 Å². The van der Waals surface area contributed by atoms with Gasteiger partial charge < -0.3 is 14.6 Å². The Morgan fingerprint density at radius 3 is 3.00 bits per heavy atom. The summed E-state index contributed by atoms with van der Waals surface area (Å²) < 4.78 is 5.53. The van der Waals surface area contributed by atoms with Gasteiger partial charge >= 0.3 is 0 Å². The molecule has 1 N–H and O–H groups in total. The van der Waals surface area contributed by atoms with E-state index in [0.29, 0.717) is 5.92 Å². The molecule has 3 rings (SSSR count). The third kappa shape index (κ3) is 2.74.